The highest BCUT2D eigenvalue weighted by Crippen LogP contribution is 2.26. The highest BCUT2D eigenvalue weighted by molar-refractivity contribution is 7.15. The first-order valence-corrected chi connectivity index (χ1v) is 8.70. The molecule has 0 saturated heterocycles. The molecule has 0 aliphatic rings. The number of phenolic OH excluding ortho intramolecular Hbond substituents is 1. The summed E-state index contributed by atoms with van der Waals surface area (Å²) in [6.07, 6.45) is 5.24. The molecule has 0 aliphatic carbocycles. The number of rotatable bonds is 3. The van der Waals surface area contributed by atoms with Gasteiger partial charge in [-0.05, 0) is 42.8 Å². The highest BCUT2D eigenvalue weighted by Gasteiger charge is 2.10. The third-order valence-electron chi connectivity index (χ3n) is 4.00. The molecule has 3 aromatic heterocycles. The maximum Gasteiger partial charge on any atom is 0.274 e. The standard InChI is InChI=1S/C19H15N3O3S/c1-11-7-13(5-6-20-11)14-10-22-18(24)17(26-19(22)21-14)9-12-3-4-15(23)16(8-12)25-2/h3-10,23H,1-2H3. The van der Waals surface area contributed by atoms with Crippen LogP contribution >= 0.6 is 11.3 Å². The molecule has 0 saturated carbocycles. The van der Waals surface area contributed by atoms with Crippen LogP contribution in [0.4, 0.5) is 0 Å². The lowest BCUT2D eigenvalue weighted by Gasteiger charge is -2.03. The molecule has 4 aromatic rings. The van der Waals surface area contributed by atoms with Gasteiger partial charge in [-0.2, -0.15) is 0 Å². The minimum Gasteiger partial charge on any atom is -0.504 e. The number of hydrogen-bond acceptors (Lipinski definition) is 6. The van der Waals surface area contributed by atoms with Crippen molar-refractivity contribution in [3.05, 3.63) is 68.9 Å². The number of methoxy groups -OCH3 is 1. The first-order valence-electron chi connectivity index (χ1n) is 7.89. The molecule has 0 amide bonds. The predicted molar refractivity (Wildman–Crippen MR) is 101 cm³/mol. The van der Waals surface area contributed by atoms with Gasteiger partial charge in [0.05, 0.1) is 17.3 Å². The smallest absolute Gasteiger partial charge is 0.274 e. The van der Waals surface area contributed by atoms with Gasteiger partial charge < -0.3 is 9.84 Å². The molecule has 0 unspecified atom stereocenters. The lowest BCUT2D eigenvalue weighted by Crippen LogP contribution is -2.22. The van der Waals surface area contributed by atoms with E-state index in [4.69, 9.17) is 4.74 Å². The second kappa shape index (κ2) is 6.27. The van der Waals surface area contributed by atoms with Crippen LogP contribution in [0.15, 0.2) is 47.5 Å². The monoisotopic (exact) mass is 365 g/mol. The molecule has 0 spiro atoms. The average molecular weight is 365 g/mol. The van der Waals surface area contributed by atoms with Crippen molar-refractivity contribution in [2.45, 2.75) is 6.92 Å². The summed E-state index contributed by atoms with van der Waals surface area (Å²) in [5.41, 5.74) is 3.22. The van der Waals surface area contributed by atoms with E-state index in [9.17, 15) is 9.90 Å². The van der Waals surface area contributed by atoms with Crippen LogP contribution in [0.5, 0.6) is 11.5 Å². The number of imidazole rings is 1. The maximum atomic E-state index is 12.7. The van der Waals surface area contributed by atoms with Gasteiger partial charge in [0, 0.05) is 23.7 Å². The molecular weight excluding hydrogens is 350 g/mol. The Bertz CT molecular complexity index is 1230. The van der Waals surface area contributed by atoms with Crippen molar-refractivity contribution in [1.29, 1.82) is 0 Å². The molecule has 0 radical (unpaired) electrons. The van der Waals surface area contributed by atoms with Crippen molar-refractivity contribution in [2.24, 2.45) is 0 Å². The molecule has 0 bridgehead atoms. The Morgan fingerprint density at radius 2 is 2.12 bits per heavy atom. The number of nitrogens with zero attached hydrogens (tertiary/aromatic N) is 3. The summed E-state index contributed by atoms with van der Waals surface area (Å²) >= 11 is 1.32. The molecule has 0 aliphatic heterocycles. The minimum absolute atomic E-state index is 0.0604. The Labute approximate surface area is 152 Å². The fourth-order valence-corrected chi connectivity index (χ4v) is 3.67. The van der Waals surface area contributed by atoms with Gasteiger partial charge in [0.1, 0.15) is 0 Å². The van der Waals surface area contributed by atoms with Crippen molar-refractivity contribution in [3.63, 3.8) is 0 Å². The van der Waals surface area contributed by atoms with Crippen molar-refractivity contribution in [3.8, 4) is 22.8 Å². The quantitative estimate of drug-likeness (QED) is 0.603. The van der Waals surface area contributed by atoms with Crippen LogP contribution in [0.1, 0.15) is 11.3 Å². The van der Waals surface area contributed by atoms with Gasteiger partial charge in [0.25, 0.3) is 5.56 Å². The molecule has 4 rings (SSSR count). The third kappa shape index (κ3) is 2.82. The van der Waals surface area contributed by atoms with Crippen LogP contribution in [-0.4, -0.2) is 26.6 Å². The SMILES string of the molecule is COc1cc(C=c2sc3nc(-c4ccnc(C)c4)cn3c2=O)ccc1O. The number of aryl methyl sites for hydroxylation is 1. The molecule has 6 nitrogen and oxygen atoms in total. The number of thiazole rings is 1. The molecule has 0 atom stereocenters. The van der Waals surface area contributed by atoms with E-state index in [1.165, 1.54) is 24.5 Å². The third-order valence-corrected chi connectivity index (χ3v) is 4.98. The summed E-state index contributed by atoms with van der Waals surface area (Å²) in [5.74, 6) is 0.424. The van der Waals surface area contributed by atoms with E-state index in [-0.39, 0.29) is 11.3 Å². The molecule has 3 heterocycles. The maximum absolute atomic E-state index is 12.7. The zero-order chi connectivity index (χ0) is 18.3. The van der Waals surface area contributed by atoms with Gasteiger partial charge in [-0.3, -0.25) is 14.2 Å². The second-order valence-corrected chi connectivity index (χ2v) is 6.82. The minimum atomic E-state index is -0.124. The number of benzene rings is 1. The van der Waals surface area contributed by atoms with Gasteiger partial charge in [0.15, 0.2) is 16.5 Å². The van der Waals surface area contributed by atoms with Crippen molar-refractivity contribution < 1.29 is 9.84 Å². The van der Waals surface area contributed by atoms with E-state index >= 15 is 0 Å². The zero-order valence-electron chi connectivity index (χ0n) is 14.1. The van der Waals surface area contributed by atoms with E-state index in [0.29, 0.717) is 15.2 Å². The van der Waals surface area contributed by atoms with Crippen LogP contribution in [0.2, 0.25) is 0 Å². The van der Waals surface area contributed by atoms with Crippen molar-refractivity contribution >= 4 is 22.4 Å². The van der Waals surface area contributed by atoms with Crippen LogP contribution in [-0.2, 0) is 0 Å². The van der Waals surface area contributed by atoms with Crippen LogP contribution in [0.25, 0.3) is 22.3 Å². The molecule has 130 valence electrons. The Balaban J connectivity index is 1.80. The van der Waals surface area contributed by atoms with Gasteiger partial charge in [-0.1, -0.05) is 17.4 Å². The first-order chi connectivity index (χ1) is 12.5. The van der Waals surface area contributed by atoms with E-state index < -0.39 is 0 Å². The number of pyridine rings is 1. The highest BCUT2D eigenvalue weighted by atomic mass is 32.1. The lowest BCUT2D eigenvalue weighted by molar-refractivity contribution is 0.373. The summed E-state index contributed by atoms with van der Waals surface area (Å²) < 4.78 is 7.23. The molecule has 26 heavy (non-hydrogen) atoms. The topological polar surface area (TPSA) is 76.7 Å². The van der Waals surface area contributed by atoms with Gasteiger partial charge in [0.2, 0.25) is 0 Å². The van der Waals surface area contributed by atoms with E-state index in [1.807, 2.05) is 19.1 Å². The van der Waals surface area contributed by atoms with Crippen molar-refractivity contribution in [1.82, 2.24) is 14.4 Å². The molecule has 0 fully saturated rings. The molecule has 1 aromatic carbocycles. The van der Waals surface area contributed by atoms with Crippen LogP contribution < -0.4 is 14.8 Å². The number of phenols is 1. The Hall–Kier alpha value is -3.19. The fourth-order valence-electron chi connectivity index (χ4n) is 2.71. The molecule has 7 heteroatoms. The Morgan fingerprint density at radius 3 is 2.85 bits per heavy atom. The van der Waals surface area contributed by atoms with E-state index in [0.717, 1.165) is 22.5 Å². The molecule has 1 N–H and O–H groups in total. The predicted octanol–water partition coefficient (Wildman–Crippen LogP) is 2.39. The van der Waals surface area contributed by atoms with E-state index in [1.54, 1.807) is 35.0 Å². The van der Waals surface area contributed by atoms with Crippen LogP contribution in [0, 0.1) is 6.92 Å². The summed E-state index contributed by atoms with van der Waals surface area (Å²) in [7, 11) is 1.49. The summed E-state index contributed by atoms with van der Waals surface area (Å²) in [5, 5.41) is 9.68. The largest absolute Gasteiger partial charge is 0.504 e. The van der Waals surface area contributed by atoms with Gasteiger partial charge in [-0.15, -0.1) is 0 Å². The average Bonchev–Trinajstić information content (AvgIpc) is 3.17. The summed E-state index contributed by atoms with van der Waals surface area (Å²) in [6.45, 7) is 1.92. The number of fused-ring (bicyclic) bond motifs is 1. The first kappa shape index (κ1) is 16.3. The lowest BCUT2D eigenvalue weighted by atomic mass is 10.2. The number of aromatic hydroxyl groups is 1. The van der Waals surface area contributed by atoms with E-state index in [2.05, 4.69) is 9.97 Å². The van der Waals surface area contributed by atoms with Crippen LogP contribution in [0.3, 0.4) is 0 Å². The van der Waals surface area contributed by atoms with Gasteiger partial charge in [-0.25, -0.2) is 4.98 Å². The normalized spacial score (nSPS) is 12.0. The Morgan fingerprint density at radius 1 is 1.27 bits per heavy atom. The zero-order valence-corrected chi connectivity index (χ0v) is 14.9. The number of hydrogen-bond donors (Lipinski definition) is 1. The number of ether oxygens (including phenoxy) is 1. The van der Waals surface area contributed by atoms with Crippen molar-refractivity contribution in [2.75, 3.05) is 7.11 Å². The fraction of sp³-hybridized carbons (Fsp3) is 0.105. The Kier molecular flexibility index (Phi) is 3.93. The molecular formula is C19H15N3O3S. The summed E-state index contributed by atoms with van der Waals surface area (Å²) in [4.78, 5) is 22.1. The number of aromatic nitrogens is 3. The summed E-state index contributed by atoms with van der Waals surface area (Å²) in [6, 6.07) is 8.76. The van der Waals surface area contributed by atoms with Gasteiger partial charge >= 0.3 is 0 Å². The second-order valence-electron chi connectivity index (χ2n) is 5.81.